The third-order valence-electron chi connectivity index (χ3n) is 2.75. The number of carboxylic acids is 1. The number of hydrogen-bond acceptors (Lipinski definition) is 3. The monoisotopic (exact) mass is 290 g/mol. The van der Waals surface area contributed by atoms with Gasteiger partial charge in [-0.3, -0.25) is 10.2 Å². The van der Waals surface area contributed by atoms with Crippen LogP contribution in [0.25, 0.3) is 0 Å². The van der Waals surface area contributed by atoms with Gasteiger partial charge in [-0.25, -0.2) is 9.59 Å². The third kappa shape index (κ3) is 2.97. The van der Waals surface area contributed by atoms with Gasteiger partial charge in [-0.2, -0.15) is 0 Å². The molecule has 0 saturated heterocycles. The molecule has 1 aromatic carbocycles. The Kier molecular flexibility index (Phi) is 4.37. The van der Waals surface area contributed by atoms with E-state index in [1.807, 2.05) is 37.3 Å². The van der Waals surface area contributed by atoms with Crippen molar-refractivity contribution in [1.29, 1.82) is 0 Å². The van der Waals surface area contributed by atoms with Gasteiger partial charge in [0.2, 0.25) is 0 Å². The molecule has 0 bridgehead atoms. The van der Waals surface area contributed by atoms with Crippen LogP contribution >= 0.6 is 11.3 Å². The van der Waals surface area contributed by atoms with Crippen molar-refractivity contribution in [2.75, 3.05) is 16.8 Å². The highest BCUT2D eigenvalue weighted by molar-refractivity contribution is 7.14. The summed E-state index contributed by atoms with van der Waals surface area (Å²) >= 11 is 1.19. The number of rotatable bonds is 4. The van der Waals surface area contributed by atoms with E-state index in [0.29, 0.717) is 11.5 Å². The van der Waals surface area contributed by atoms with E-state index in [4.69, 9.17) is 5.11 Å². The van der Waals surface area contributed by atoms with Crippen molar-refractivity contribution in [2.24, 2.45) is 0 Å². The molecule has 2 rings (SSSR count). The first-order valence-electron chi connectivity index (χ1n) is 6.07. The first kappa shape index (κ1) is 14.1. The van der Waals surface area contributed by atoms with E-state index >= 15 is 0 Å². The van der Waals surface area contributed by atoms with Crippen LogP contribution in [0.15, 0.2) is 41.8 Å². The summed E-state index contributed by atoms with van der Waals surface area (Å²) in [6, 6.07) is 10.4. The zero-order valence-corrected chi connectivity index (χ0v) is 11.7. The highest BCUT2D eigenvalue weighted by atomic mass is 32.1. The Balaban J connectivity index is 2.18. The summed E-state index contributed by atoms with van der Waals surface area (Å²) in [6.07, 6.45) is 0. The number of para-hydroxylation sites is 1. The van der Waals surface area contributed by atoms with Gasteiger partial charge in [0.25, 0.3) is 0 Å². The Morgan fingerprint density at radius 2 is 1.95 bits per heavy atom. The van der Waals surface area contributed by atoms with Crippen LogP contribution in [0.1, 0.15) is 17.3 Å². The smallest absolute Gasteiger partial charge is 0.338 e. The lowest BCUT2D eigenvalue weighted by molar-refractivity contribution is 0.0698. The van der Waals surface area contributed by atoms with Crippen molar-refractivity contribution < 1.29 is 14.7 Å². The summed E-state index contributed by atoms with van der Waals surface area (Å²) < 4.78 is 0. The molecule has 0 unspecified atom stereocenters. The van der Waals surface area contributed by atoms with E-state index in [-0.39, 0.29) is 11.6 Å². The Hall–Kier alpha value is -2.34. The fourth-order valence-corrected chi connectivity index (χ4v) is 2.56. The predicted octanol–water partition coefficient (Wildman–Crippen LogP) is 3.50. The number of carbonyl (C=O) groups excluding carboxylic acids is 1. The molecule has 0 spiro atoms. The van der Waals surface area contributed by atoms with Gasteiger partial charge < -0.3 is 5.11 Å². The van der Waals surface area contributed by atoms with Gasteiger partial charge in [-0.1, -0.05) is 18.2 Å². The van der Waals surface area contributed by atoms with Crippen molar-refractivity contribution >= 4 is 34.0 Å². The number of benzene rings is 1. The molecule has 0 radical (unpaired) electrons. The SMILES string of the molecule is CCN(C(=O)Nc1sccc1C(=O)O)c1ccccc1. The zero-order chi connectivity index (χ0) is 14.5. The number of thiophene rings is 1. The summed E-state index contributed by atoms with van der Waals surface area (Å²) in [4.78, 5) is 24.8. The minimum atomic E-state index is -1.05. The average Bonchev–Trinajstić information content (AvgIpc) is 2.89. The molecule has 2 amide bonds. The average molecular weight is 290 g/mol. The second-order valence-electron chi connectivity index (χ2n) is 3.98. The number of carboxylic acid groups (broad SMARTS) is 1. The lowest BCUT2D eigenvalue weighted by Crippen LogP contribution is -2.34. The van der Waals surface area contributed by atoms with E-state index in [1.54, 1.807) is 10.3 Å². The van der Waals surface area contributed by atoms with E-state index in [9.17, 15) is 9.59 Å². The second-order valence-corrected chi connectivity index (χ2v) is 4.89. The molecule has 2 aromatic rings. The molecule has 6 heteroatoms. The molecule has 1 heterocycles. The number of nitrogens with one attached hydrogen (secondary N) is 1. The van der Waals surface area contributed by atoms with Gasteiger partial charge in [0.15, 0.2) is 0 Å². The van der Waals surface area contributed by atoms with Crippen LogP contribution in [0, 0.1) is 0 Å². The van der Waals surface area contributed by atoms with Crippen LogP contribution in [-0.4, -0.2) is 23.7 Å². The van der Waals surface area contributed by atoms with Crippen molar-refractivity contribution in [2.45, 2.75) is 6.92 Å². The first-order chi connectivity index (χ1) is 9.63. The van der Waals surface area contributed by atoms with E-state index in [1.165, 1.54) is 17.4 Å². The number of carbonyl (C=O) groups is 2. The van der Waals surface area contributed by atoms with Crippen molar-refractivity contribution in [3.8, 4) is 0 Å². The number of nitrogens with zero attached hydrogens (tertiary/aromatic N) is 1. The topological polar surface area (TPSA) is 69.6 Å². The van der Waals surface area contributed by atoms with Crippen LogP contribution in [0.5, 0.6) is 0 Å². The Morgan fingerprint density at radius 3 is 2.55 bits per heavy atom. The summed E-state index contributed by atoms with van der Waals surface area (Å²) in [7, 11) is 0. The molecule has 0 atom stereocenters. The molecule has 2 N–H and O–H groups in total. The maximum Gasteiger partial charge on any atom is 0.338 e. The van der Waals surface area contributed by atoms with Gasteiger partial charge in [-0.15, -0.1) is 11.3 Å². The molecular weight excluding hydrogens is 276 g/mol. The number of urea groups is 1. The van der Waals surface area contributed by atoms with Crippen molar-refractivity contribution in [1.82, 2.24) is 0 Å². The van der Waals surface area contributed by atoms with Gasteiger partial charge >= 0.3 is 12.0 Å². The molecule has 0 aliphatic rings. The molecule has 5 nitrogen and oxygen atoms in total. The fourth-order valence-electron chi connectivity index (χ4n) is 1.79. The van der Waals surface area contributed by atoms with Crippen LogP contribution in [0.3, 0.4) is 0 Å². The molecule has 0 aliphatic carbocycles. The van der Waals surface area contributed by atoms with Gasteiger partial charge in [0, 0.05) is 12.2 Å². The van der Waals surface area contributed by atoms with Crippen LogP contribution in [-0.2, 0) is 0 Å². The van der Waals surface area contributed by atoms with Crippen LogP contribution in [0.2, 0.25) is 0 Å². The number of amides is 2. The lowest BCUT2D eigenvalue weighted by atomic mass is 10.3. The highest BCUT2D eigenvalue weighted by Gasteiger charge is 2.18. The van der Waals surface area contributed by atoms with Gasteiger partial charge in [0.1, 0.15) is 5.00 Å². The summed E-state index contributed by atoms with van der Waals surface area (Å²) in [6.45, 7) is 2.35. The minimum absolute atomic E-state index is 0.104. The van der Waals surface area contributed by atoms with Crippen LogP contribution < -0.4 is 10.2 Å². The summed E-state index contributed by atoms with van der Waals surface area (Å²) in [5, 5.41) is 13.6. The highest BCUT2D eigenvalue weighted by Crippen LogP contribution is 2.24. The third-order valence-corrected chi connectivity index (χ3v) is 3.58. The quantitative estimate of drug-likeness (QED) is 0.905. The maximum atomic E-state index is 12.2. The molecular formula is C14H14N2O3S. The summed E-state index contributed by atoms with van der Waals surface area (Å²) in [5.74, 6) is -1.05. The fraction of sp³-hybridized carbons (Fsp3) is 0.143. The Bertz CT molecular complexity index is 610. The number of aromatic carboxylic acids is 1. The first-order valence-corrected chi connectivity index (χ1v) is 6.95. The summed E-state index contributed by atoms with van der Waals surface area (Å²) in [5.41, 5.74) is 0.869. The molecule has 104 valence electrons. The Morgan fingerprint density at radius 1 is 1.25 bits per heavy atom. The largest absolute Gasteiger partial charge is 0.478 e. The maximum absolute atomic E-state index is 12.2. The van der Waals surface area contributed by atoms with Crippen molar-refractivity contribution in [3.05, 3.63) is 47.3 Å². The number of hydrogen-bond donors (Lipinski definition) is 2. The van der Waals surface area contributed by atoms with Gasteiger partial charge in [-0.05, 0) is 30.5 Å². The molecule has 0 fully saturated rings. The number of anilines is 2. The van der Waals surface area contributed by atoms with Crippen LogP contribution in [0.4, 0.5) is 15.5 Å². The van der Waals surface area contributed by atoms with Gasteiger partial charge in [0.05, 0.1) is 5.56 Å². The van der Waals surface area contributed by atoms with E-state index < -0.39 is 5.97 Å². The minimum Gasteiger partial charge on any atom is -0.478 e. The van der Waals surface area contributed by atoms with Crippen molar-refractivity contribution in [3.63, 3.8) is 0 Å². The molecule has 0 aliphatic heterocycles. The molecule has 0 saturated carbocycles. The predicted molar refractivity (Wildman–Crippen MR) is 79.8 cm³/mol. The standard InChI is InChI=1S/C14H14N2O3S/c1-2-16(10-6-4-3-5-7-10)14(19)15-12-11(13(17)18)8-9-20-12/h3-9H,2H2,1H3,(H,15,19)(H,17,18). The normalized spacial score (nSPS) is 10.1. The second kappa shape index (κ2) is 6.21. The molecule has 20 heavy (non-hydrogen) atoms. The van der Waals surface area contributed by atoms with E-state index in [2.05, 4.69) is 5.32 Å². The van der Waals surface area contributed by atoms with E-state index in [0.717, 1.165) is 5.69 Å². The lowest BCUT2D eigenvalue weighted by Gasteiger charge is -2.21. The molecule has 1 aromatic heterocycles. The zero-order valence-electron chi connectivity index (χ0n) is 10.9. The Labute approximate surface area is 120 Å².